The normalized spacial score (nSPS) is 10.6. The van der Waals surface area contributed by atoms with E-state index < -0.39 is 5.97 Å². The van der Waals surface area contributed by atoms with Gasteiger partial charge in [-0.1, -0.05) is 12.1 Å². The number of hydrogen-bond donors (Lipinski definition) is 1. The van der Waals surface area contributed by atoms with Gasteiger partial charge < -0.3 is 5.11 Å². The number of carboxylic acid groups (broad SMARTS) is 1. The molecule has 0 fully saturated rings. The number of benzene rings is 1. The molecule has 5 heteroatoms. The van der Waals surface area contributed by atoms with E-state index in [-0.39, 0.29) is 0 Å². The SMILES string of the molecule is Cc1nn(Cc2ccc(I)cc2)c(C)c1C(=O)O. The highest BCUT2D eigenvalue weighted by atomic mass is 127. The highest BCUT2D eigenvalue weighted by Gasteiger charge is 2.17. The molecule has 0 radical (unpaired) electrons. The van der Waals surface area contributed by atoms with Gasteiger partial charge in [0.25, 0.3) is 0 Å². The van der Waals surface area contributed by atoms with E-state index in [1.165, 1.54) is 3.57 Å². The van der Waals surface area contributed by atoms with E-state index in [0.717, 1.165) is 5.56 Å². The van der Waals surface area contributed by atoms with Crippen LogP contribution in [0.3, 0.4) is 0 Å². The van der Waals surface area contributed by atoms with Crippen molar-refractivity contribution in [3.8, 4) is 0 Å². The third-order valence-electron chi connectivity index (χ3n) is 2.84. The summed E-state index contributed by atoms with van der Waals surface area (Å²) in [6.45, 7) is 4.11. The smallest absolute Gasteiger partial charge is 0.339 e. The van der Waals surface area contributed by atoms with Crippen molar-refractivity contribution in [2.24, 2.45) is 0 Å². The summed E-state index contributed by atoms with van der Waals surface area (Å²) in [5.41, 5.74) is 2.67. The Balaban J connectivity index is 2.33. The van der Waals surface area contributed by atoms with Crippen LogP contribution in [0.2, 0.25) is 0 Å². The van der Waals surface area contributed by atoms with Crippen molar-refractivity contribution in [3.63, 3.8) is 0 Å². The summed E-state index contributed by atoms with van der Waals surface area (Å²) >= 11 is 2.25. The summed E-state index contributed by atoms with van der Waals surface area (Å²) in [7, 11) is 0. The molecule has 94 valence electrons. The molecule has 0 spiro atoms. The standard InChI is InChI=1S/C13H13IN2O2/c1-8-12(13(17)18)9(2)16(15-8)7-10-3-5-11(14)6-4-10/h3-6H,7H2,1-2H3,(H,17,18). The first-order chi connectivity index (χ1) is 8.49. The predicted molar refractivity (Wildman–Crippen MR) is 76.9 cm³/mol. The minimum atomic E-state index is -0.918. The summed E-state index contributed by atoms with van der Waals surface area (Å²) in [5, 5.41) is 13.4. The molecule has 2 rings (SSSR count). The van der Waals surface area contributed by atoms with Crippen LogP contribution < -0.4 is 0 Å². The van der Waals surface area contributed by atoms with Gasteiger partial charge in [0.1, 0.15) is 5.56 Å². The van der Waals surface area contributed by atoms with Crippen LogP contribution in [0, 0.1) is 17.4 Å². The monoisotopic (exact) mass is 356 g/mol. The summed E-state index contributed by atoms with van der Waals surface area (Å²) in [4.78, 5) is 11.1. The van der Waals surface area contributed by atoms with Crippen LogP contribution in [-0.2, 0) is 6.54 Å². The Hall–Kier alpha value is -1.37. The number of hydrogen-bond acceptors (Lipinski definition) is 2. The largest absolute Gasteiger partial charge is 0.478 e. The lowest BCUT2D eigenvalue weighted by atomic mass is 10.2. The van der Waals surface area contributed by atoms with Crippen LogP contribution in [0.1, 0.15) is 27.3 Å². The Bertz CT molecular complexity index is 588. The lowest BCUT2D eigenvalue weighted by Gasteiger charge is -2.05. The van der Waals surface area contributed by atoms with Crippen molar-refractivity contribution < 1.29 is 9.90 Å². The molecule has 0 aliphatic rings. The van der Waals surface area contributed by atoms with Gasteiger partial charge in [0.05, 0.1) is 17.9 Å². The third-order valence-corrected chi connectivity index (χ3v) is 3.56. The third kappa shape index (κ3) is 2.55. The van der Waals surface area contributed by atoms with Crippen molar-refractivity contribution >= 4 is 28.6 Å². The average molecular weight is 356 g/mol. The maximum atomic E-state index is 11.1. The lowest BCUT2D eigenvalue weighted by molar-refractivity contribution is 0.0695. The first-order valence-corrected chi connectivity index (χ1v) is 6.58. The quantitative estimate of drug-likeness (QED) is 0.861. The average Bonchev–Trinajstić information content (AvgIpc) is 2.57. The number of rotatable bonds is 3. The van der Waals surface area contributed by atoms with Crippen LogP contribution in [0.5, 0.6) is 0 Å². The zero-order valence-corrected chi connectivity index (χ0v) is 12.3. The fraction of sp³-hybridized carbons (Fsp3) is 0.231. The van der Waals surface area contributed by atoms with Crippen LogP contribution >= 0.6 is 22.6 Å². The zero-order valence-electron chi connectivity index (χ0n) is 10.1. The molecule has 2 aromatic rings. The van der Waals surface area contributed by atoms with E-state index in [0.29, 0.717) is 23.5 Å². The van der Waals surface area contributed by atoms with Crippen molar-refractivity contribution in [2.75, 3.05) is 0 Å². The highest BCUT2D eigenvalue weighted by molar-refractivity contribution is 14.1. The number of carboxylic acids is 1. The molecule has 0 amide bonds. The lowest BCUT2D eigenvalue weighted by Crippen LogP contribution is -2.05. The fourth-order valence-electron chi connectivity index (χ4n) is 1.92. The number of aromatic carboxylic acids is 1. The second-order valence-corrected chi connectivity index (χ2v) is 5.38. The van der Waals surface area contributed by atoms with Crippen LogP contribution in [0.4, 0.5) is 0 Å². The summed E-state index contributed by atoms with van der Waals surface area (Å²) < 4.78 is 2.91. The Morgan fingerprint density at radius 1 is 1.33 bits per heavy atom. The topological polar surface area (TPSA) is 55.1 Å². The van der Waals surface area contributed by atoms with Crippen molar-refractivity contribution in [1.29, 1.82) is 0 Å². The predicted octanol–water partition coefficient (Wildman–Crippen LogP) is 2.85. The Morgan fingerprint density at radius 3 is 2.44 bits per heavy atom. The zero-order chi connectivity index (χ0) is 13.3. The molecular weight excluding hydrogens is 343 g/mol. The van der Waals surface area contributed by atoms with Crippen molar-refractivity contribution in [3.05, 3.63) is 50.4 Å². The molecule has 0 unspecified atom stereocenters. The van der Waals surface area contributed by atoms with E-state index in [9.17, 15) is 4.79 Å². The minimum Gasteiger partial charge on any atom is -0.478 e. The molecule has 4 nitrogen and oxygen atoms in total. The molecule has 18 heavy (non-hydrogen) atoms. The van der Waals surface area contributed by atoms with Gasteiger partial charge in [-0.25, -0.2) is 4.79 Å². The number of carbonyl (C=O) groups is 1. The molecule has 0 atom stereocenters. The van der Waals surface area contributed by atoms with E-state index in [4.69, 9.17) is 5.11 Å². The molecule has 0 saturated carbocycles. The van der Waals surface area contributed by atoms with Gasteiger partial charge in [-0.05, 0) is 54.1 Å². The maximum Gasteiger partial charge on any atom is 0.339 e. The van der Waals surface area contributed by atoms with Crippen LogP contribution in [0.15, 0.2) is 24.3 Å². The maximum absolute atomic E-state index is 11.1. The Labute approximate surface area is 119 Å². The first-order valence-electron chi connectivity index (χ1n) is 5.51. The molecule has 0 aliphatic carbocycles. The van der Waals surface area contributed by atoms with Gasteiger partial charge >= 0.3 is 5.97 Å². The van der Waals surface area contributed by atoms with Gasteiger partial charge in [0.15, 0.2) is 0 Å². The van der Waals surface area contributed by atoms with E-state index in [2.05, 4.69) is 27.7 Å². The van der Waals surface area contributed by atoms with Gasteiger partial charge in [0.2, 0.25) is 0 Å². The molecule has 1 aromatic heterocycles. The van der Waals surface area contributed by atoms with Gasteiger partial charge in [-0.3, -0.25) is 4.68 Å². The summed E-state index contributed by atoms with van der Waals surface area (Å²) in [5.74, 6) is -0.918. The second kappa shape index (κ2) is 5.09. The Morgan fingerprint density at radius 2 is 1.94 bits per heavy atom. The van der Waals surface area contributed by atoms with Crippen LogP contribution in [-0.4, -0.2) is 20.9 Å². The van der Waals surface area contributed by atoms with E-state index >= 15 is 0 Å². The van der Waals surface area contributed by atoms with E-state index in [1.807, 2.05) is 24.3 Å². The number of halogens is 1. The van der Waals surface area contributed by atoms with Crippen LogP contribution in [0.25, 0.3) is 0 Å². The second-order valence-electron chi connectivity index (χ2n) is 4.14. The molecular formula is C13H13IN2O2. The summed E-state index contributed by atoms with van der Waals surface area (Å²) in [6.07, 6.45) is 0. The van der Waals surface area contributed by atoms with E-state index in [1.54, 1.807) is 18.5 Å². The molecule has 1 aromatic carbocycles. The molecule has 0 saturated heterocycles. The van der Waals surface area contributed by atoms with Crippen molar-refractivity contribution in [2.45, 2.75) is 20.4 Å². The minimum absolute atomic E-state index is 0.306. The van der Waals surface area contributed by atoms with Gasteiger partial charge in [0, 0.05) is 3.57 Å². The highest BCUT2D eigenvalue weighted by Crippen LogP contribution is 2.15. The Kier molecular flexibility index (Phi) is 3.70. The fourth-order valence-corrected chi connectivity index (χ4v) is 2.28. The van der Waals surface area contributed by atoms with Gasteiger partial charge in [-0.15, -0.1) is 0 Å². The molecule has 1 heterocycles. The van der Waals surface area contributed by atoms with Crippen molar-refractivity contribution in [1.82, 2.24) is 9.78 Å². The summed E-state index contributed by atoms with van der Waals surface area (Å²) in [6, 6.07) is 8.11. The number of nitrogens with zero attached hydrogens (tertiary/aromatic N) is 2. The number of aromatic nitrogens is 2. The molecule has 0 aliphatic heterocycles. The van der Waals surface area contributed by atoms with Gasteiger partial charge in [-0.2, -0.15) is 5.10 Å². The molecule has 1 N–H and O–H groups in total. The number of aryl methyl sites for hydroxylation is 1. The first kappa shape index (κ1) is 13.1. The molecule has 0 bridgehead atoms.